The summed E-state index contributed by atoms with van der Waals surface area (Å²) in [6, 6.07) is 9.54. The minimum atomic E-state index is -0.516. The quantitative estimate of drug-likeness (QED) is 0.810. The Labute approximate surface area is 131 Å². The zero-order valence-corrected chi connectivity index (χ0v) is 12.9. The van der Waals surface area contributed by atoms with Crippen molar-refractivity contribution in [1.82, 2.24) is 4.90 Å². The van der Waals surface area contributed by atoms with E-state index in [0.717, 1.165) is 43.2 Å². The van der Waals surface area contributed by atoms with Crippen molar-refractivity contribution < 1.29 is 14.6 Å². The molecule has 1 heterocycles. The number of morpholine rings is 1. The summed E-state index contributed by atoms with van der Waals surface area (Å²) in [5.74, 6) is 0.717. The van der Waals surface area contributed by atoms with Gasteiger partial charge < -0.3 is 14.6 Å². The zero-order valence-electron chi connectivity index (χ0n) is 12.9. The van der Waals surface area contributed by atoms with Gasteiger partial charge in [0.1, 0.15) is 18.5 Å². The predicted octanol–water partition coefficient (Wildman–Crippen LogP) is 1.69. The highest BCUT2D eigenvalue weighted by atomic mass is 16.5. The summed E-state index contributed by atoms with van der Waals surface area (Å²) in [5.41, 5.74) is 1.91. The van der Waals surface area contributed by atoms with Crippen LogP contribution in [0.1, 0.15) is 12.5 Å². The van der Waals surface area contributed by atoms with E-state index in [-0.39, 0.29) is 6.61 Å². The topological polar surface area (TPSA) is 65.7 Å². The molecule has 1 aromatic carbocycles. The highest BCUT2D eigenvalue weighted by Crippen LogP contribution is 2.18. The van der Waals surface area contributed by atoms with E-state index in [1.165, 1.54) is 6.08 Å². The Morgan fingerprint density at radius 2 is 2.09 bits per heavy atom. The van der Waals surface area contributed by atoms with Gasteiger partial charge in [-0.15, -0.1) is 0 Å². The smallest absolute Gasteiger partial charge is 0.119 e. The minimum absolute atomic E-state index is 0.268. The van der Waals surface area contributed by atoms with Crippen LogP contribution in [0.2, 0.25) is 0 Å². The second-order valence-electron chi connectivity index (χ2n) is 5.36. The van der Waals surface area contributed by atoms with Gasteiger partial charge in [0.2, 0.25) is 0 Å². The third-order valence-corrected chi connectivity index (χ3v) is 3.61. The average Bonchev–Trinajstić information content (AvgIpc) is 2.54. The van der Waals surface area contributed by atoms with Crippen LogP contribution in [-0.2, 0) is 4.74 Å². The molecule has 1 unspecified atom stereocenters. The van der Waals surface area contributed by atoms with Crippen molar-refractivity contribution in [2.24, 2.45) is 0 Å². The van der Waals surface area contributed by atoms with Gasteiger partial charge in [0.15, 0.2) is 0 Å². The Balaban J connectivity index is 1.78. The lowest BCUT2D eigenvalue weighted by molar-refractivity contribution is 0.00465. The maximum absolute atomic E-state index is 10.0. The molecule has 0 amide bonds. The number of nitriles is 1. The molecule has 118 valence electrons. The highest BCUT2D eigenvalue weighted by Gasteiger charge is 2.15. The molecule has 2 rings (SSSR count). The summed E-state index contributed by atoms with van der Waals surface area (Å²) < 4.78 is 10.9. The third kappa shape index (κ3) is 5.15. The first-order valence-corrected chi connectivity index (χ1v) is 7.47. The molecule has 1 aliphatic rings. The van der Waals surface area contributed by atoms with Crippen molar-refractivity contribution in [1.29, 1.82) is 5.26 Å². The number of benzene rings is 1. The molecular formula is C17H22N2O3. The van der Waals surface area contributed by atoms with Gasteiger partial charge in [0.05, 0.1) is 19.3 Å². The predicted molar refractivity (Wildman–Crippen MR) is 84.5 cm³/mol. The standard InChI is InChI=1S/C17H22N2O3/c1-14(6-7-18)15-2-4-17(5-3-15)22-13-16(20)12-19-8-10-21-11-9-19/h2-6,16,20H,8-13H2,1H3/b14-6-. The molecule has 0 spiro atoms. The van der Waals surface area contributed by atoms with Crippen LogP contribution < -0.4 is 4.74 Å². The molecule has 0 aromatic heterocycles. The van der Waals surface area contributed by atoms with Crippen LogP contribution in [0.3, 0.4) is 0 Å². The highest BCUT2D eigenvalue weighted by molar-refractivity contribution is 5.66. The van der Waals surface area contributed by atoms with Crippen LogP contribution >= 0.6 is 0 Å². The molecule has 22 heavy (non-hydrogen) atoms. The van der Waals surface area contributed by atoms with Gasteiger partial charge in [-0.05, 0) is 30.2 Å². The fraction of sp³-hybridized carbons (Fsp3) is 0.471. The number of allylic oxidation sites excluding steroid dienone is 2. The molecule has 0 bridgehead atoms. The van der Waals surface area contributed by atoms with Crippen LogP contribution in [0.25, 0.3) is 5.57 Å². The number of aliphatic hydroxyl groups excluding tert-OH is 1. The summed E-state index contributed by atoms with van der Waals surface area (Å²) in [7, 11) is 0. The first-order valence-electron chi connectivity index (χ1n) is 7.47. The fourth-order valence-corrected chi connectivity index (χ4v) is 2.32. The van der Waals surface area contributed by atoms with Crippen LogP contribution in [0.15, 0.2) is 30.3 Å². The number of nitrogens with zero attached hydrogens (tertiary/aromatic N) is 2. The van der Waals surface area contributed by atoms with Gasteiger partial charge in [-0.2, -0.15) is 5.26 Å². The SMILES string of the molecule is C/C(=C/C#N)c1ccc(OCC(O)CN2CCOCC2)cc1. The summed E-state index contributed by atoms with van der Waals surface area (Å²) >= 11 is 0. The normalized spacial score (nSPS) is 17.8. The van der Waals surface area contributed by atoms with Crippen LogP contribution in [-0.4, -0.2) is 55.6 Å². The lowest BCUT2D eigenvalue weighted by atomic mass is 10.1. The van der Waals surface area contributed by atoms with Crippen molar-refractivity contribution in [3.8, 4) is 11.8 Å². The van der Waals surface area contributed by atoms with E-state index in [4.69, 9.17) is 14.7 Å². The lowest BCUT2D eigenvalue weighted by Crippen LogP contribution is -2.42. The lowest BCUT2D eigenvalue weighted by Gasteiger charge is -2.28. The zero-order chi connectivity index (χ0) is 15.8. The number of ether oxygens (including phenoxy) is 2. The van der Waals surface area contributed by atoms with Crippen molar-refractivity contribution in [3.05, 3.63) is 35.9 Å². The second kappa shape index (κ2) is 8.54. The minimum Gasteiger partial charge on any atom is -0.491 e. The van der Waals surface area contributed by atoms with Crippen LogP contribution in [0.4, 0.5) is 0 Å². The Hall–Kier alpha value is -1.87. The molecule has 1 N–H and O–H groups in total. The summed E-state index contributed by atoms with van der Waals surface area (Å²) in [6.45, 7) is 5.93. The maximum atomic E-state index is 10.0. The van der Waals surface area contributed by atoms with E-state index >= 15 is 0 Å². The van der Waals surface area contributed by atoms with Gasteiger partial charge in [0, 0.05) is 25.7 Å². The second-order valence-corrected chi connectivity index (χ2v) is 5.36. The van der Waals surface area contributed by atoms with Gasteiger partial charge in [-0.3, -0.25) is 4.90 Å². The molecule has 0 saturated carbocycles. The number of β-amino-alcohol motifs (C(OH)–C–C–N with tert-alkyl or cyclic N) is 1. The van der Waals surface area contributed by atoms with E-state index in [9.17, 15) is 5.11 Å². The fourth-order valence-electron chi connectivity index (χ4n) is 2.32. The van der Waals surface area contributed by atoms with Crippen LogP contribution in [0.5, 0.6) is 5.75 Å². The monoisotopic (exact) mass is 302 g/mol. The average molecular weight is 302 g/mol. The first-order chi connectivity index (χ1) is 10.7. The summed E-state index contributed by atoms with van der Waals surface area (Å²) in [4.78, 5) is 2.18. The van der Waals surface area contributed by atoms with E-state index in [1.54, 1.807) is 0 Å². The molecule has 5 heteroatoms. The molecule has 5 nitrogen and oxygen atoms in total. The van der Waals surface area contributed by atoms with E-state index in [1.807, 2.05) is 37.3 Å². The Morgan fingerprint density at radius 1 is 1.41 bits per heavy atom. The third-order valence-electron chi connectivity index (χ3n) is 3.61. The molecule has 0 radical (unpaired) electrons. The van der Waals surface area contributed by atoms with Crippen molar-refractivity contribution in [3.63, 3.8) is 0 Å². The van der Waals surface area contributed by atoms with E-state index < -0.39 is 6.10 Å². The van der Waals surface area contributed by atoms with E-state index in [2.05, 4.69) is 4.90 Å². The first kappa shape index (κ1) is 16.5. The van der Waals surface area contributed by atoms with Crippen molar-refractivity contribution in [2.75, 3.05) is 39.5 Å². The van der Waals surface area contributed by atoms with Gasteiger partial charge in [-0.1, -0.05) is 12.1 Å². The van der Waals surface area contributed by atoms with Crippen molar-refractivity contribution >= 4 is 5.57 Å². The molecule has 1 fully saturated rings. The molecule has 0 aliphatic carbocycles. The molecule has 1 atom stereocenters. The number of aliphatic hydroxyl groups is 1. The number of hydrogen-bond donors (Lipinski definition) is 1. The Morgan fingerprint density at radius 3 is 2.73 bits per heavy atom. The van der Waals surface area contributed by atoms with Crippen molar-refractivity contribution in [2.45, 2.75) is 13.0 Å². The van der Waals surface area contributed by atoms with Gasteiger partial charge >= 0.3 is 0 Å². The summed E-state index contributed by atoms with van der Waals surface area (Å²) in [6.07, 6.45) is 1.00. The Kier molecular flexibility index (Phi) is 6.41. The largest absolute Gasteiger partial charge is 0.491 e. The molecular weight excluding hydrogens is 280 g/mol. The van der Waals surface area contributed by atoms with Gasteiger partial charge in [0.25, 0.3) is 0 Å². The molecule has 1 aromatic rings. The number of hydrogen-bond acceptors (Lipinski definition) is 5. The molecule has 1 saturated heterocycles. The maximum Gasteiger partial charge on any atom is 0.119 e. The molecule has 1 aliphatic heterocycles. The van der Waals surface area contributed by atoms with Gasteiger partial charge in [-0.25, -0.2) is 0 Å². The Bertz CT molecular complexity index is 528. The number of rotatable bonds is 6. The summed E-state index contributed by atoms with van der Waals surface area (Å²) in [5, 5.41) is 18.7. The van der Waals surface area contributed by atoms with Crippen LogP contribution in [0, 0.1) is 11.3 Å². The van der Waals surface area contributed by atoms with E-state index in [0.29, 0.717) is 6.54 Å².